The molecule has 0 radical (unpaired) electrons. The lowest BCUT2D eigenvalue weighted by Gasteiger charge is -2.35. The number of hydrogen-bond donors (Lipinski definition) is 1. The van der Waals surface area contributed by atoms with Gasteiger partial charge in [-0.05, 0) is 37.3 Å². The highest BCUT2D eigenvalue weighted by atomic mass is 32.1. The fourth-order valence-corrected chi connectivity index (χ4v) is 4.34. The molecule has 0 spiro atoms. The molecule has 0 bridgehead atoms. The molecule has 0 saturated carbocycles. The van der Waals surface area contributed by atoms with Crippen LogP contribution in [0.2, 0.25) is 0 Å². The first kappa shape index (κ1) is 15.9. The third-order valence-electron chi connectivity index (χ3n) is 4.29. The van der Waals surface area contributed by atoms with Gasteiger partial charge in [-0.1, -0.05) is 0 Å². The maximum Gasteiger partial charge on any atom is 0.319 e. The van der Waals surface area contributed by atoms with Crippen LogP contribution >= 0.6 is 11.3 Å². The highest BCUT2D eigenvalue weighted by Gasteiger charge is 2.47. The predicted molar refractivity (Wildman–Crippen MR) is 86.6 cm³/mol. The average Bonchev–Trinajstić information content (AvgIpc) is 2.92. The monoisotopic (exact) mass is 333 g/mol. The number of nitrogens with one attached hydrogen (secondary N) is 1. The number of ketones is 1. The van der Waals surface area contributed by atoms with Gasteiger partial charge < -0.3 is 9.47 Å². The second kappa shape index (κ2) is 6.28. The van der Waals surface area contributed by atoms with E-state index in [9.17, 15) is 9.59 Å². The minimum absolute atomic E-state index is 0.0193. The minimum Gasteiger partial charge on any atom is -0.465 e. The summed E-state index contributed by atoms with van der Waals surface area (Å²) in [6.45, 7) is 3.92. The van der Waals surface area contributed by atoms with E-state index in [1.807, 2.05) is 18.4 Å². The highest BCUT2D eigenvalue weighted by Crippen LogP contribution is 2.46. The zero-order valence-electron chi connectivity index (χ0n) is 13.2. The predicted octanol–water partition coefficient (Wildman–Crippen LogP) is 3.33. The van der Waals surface area contributed by atoms with Gasteiger partial charge in [0, 0.05) is 29.2 Å². The number of aryl methyl sites for hydroxylation is 1. The van der Waals surface area contributed by atoms with Gasteiger partial charge in [-0.2, -0.15) is 0 Å². The van der Waals surface area contributed by atoms with Crippen molar-refractivity contribution in [2.75, 3.05) is 6.61 Å². The number of carbonyl (C=O) groups is 2. The molecule has 0 amide bonds. The molecule has 1 aliphatic carbocycles. The fourth-order valence-electron chi connectivity index (χ4n) is 3.26. The van der Waals surface area contributed by atoms with Gasteiger partial charge in [0.15, 0.2) is 5.78 Å². The summed E-state index contributed by atoms with van der Waals surface area (Å²) in [5.41, 5.74) is 1.59. The summed E-state index contributed by atoms with van der Waals surface area (Å²) in [5.74, 6) is -1.38. The lowest BCUT2D eigenvalue weighted by Crippen LogP contribution is -2.40. The molecule has 3 rings (SSSR count). The first-order valence-electron chi connectivity index (χ1n) is 7.77. The molecule has 0 aromatic carbocycles. The van der Waals surface area contributed by atoms with Gasteiger partial charge in [0.25, 0.3) is 0 Å². The molecule has 2 atom stereocenters. The van der Waals surface area contributed by atoms with Crippen LogP contribution in [0.5, 0.6) is 0 Å². The van der Waals surface area contributed by atoms with Gasteiger partial charge in [-0.25, -0.2) is 0 Å². The Morgan fingerprint density at radius 1 is 1.48 bits per heavy atom. The van der Waals surface area contributed by atoms with E-state index in [2.05, 4.69) is 0 Å². The molecule has 1 aliphatic heterocycles. The molecule has 2 unspecified atom stereocenters. The van der Waals surface area contributed by atoms with Gasteiger partial charge in [0.1, 0.15) is 11.7 Å². The number of carbonyl (C=O) groups excluding carboxylic acids is 2. The number of esters is 1. The van der Waals surface area contributed by atoms with E-state index < -0.39 is 17.8 Å². The number of hydrogen-bond acceptors (Lipinski definition) is 6. The second-order valence-corrected chi connectivity index (χ2v) is 6.70. The van der Waals surface area contributed by atoms with E-state index in [4.69, 9.17) is 14.9 Å². The molecule has 5 nitrogen and oxygen atoms in total. The van der Waals surface area contributed by atoms with Crippen LogP contribution in [0, 0.1) is 18.3 Å². The molecule has 1 aromatic rings. The molecular weight excluding hydrogens is 314 g/mol. The van der Waals surface area contributed by atoms with Gasteiger partial charge in [-0.3, -0.25) is 15.0 Å². The van der Waals surface area contributed by atoms with Crippen molar-refractivity contribution in [1.29, 1.82) is 5.41 Å². The van der Waals surface area contributed by atoms with Gasteiger partial charge >= 0.3 is 5.97 Å². The number of ether oxygens (including phenoxy) is 2. The van der Waals surface area contributed by atoms with E-state index >= 15 is 0 Å². The van der Waals surface area contributed by atoms with Crippen LogP contribution in [-0.2, 0) is 19.1 Å². The molecule has 0 fully saturated rings. The summed E-state index contributed by atoms with van der Waals surface area (Å²) in [6.07, 6.45) is 1.83. The molecule has 23 heavy (non-hydrogen) atoms. The molecule has 0 saturated heterocycles. The zero-order chi connectivity index (χ0) is 16.6. The van der Waals surface area contributed by atoms with Crippen LogP contribution in [0.4, 0.5) is 0 Å². The Balaban J connectivity index is 2.14. The quantitative estimate of drug-likeness (QED) is 0.861. The average molecular weight is 333 g/mol. The van der Waals surface area contributed by atoms with E-state index in [-0.39, 0.29) is 18.3 Å². The van der Waals surface area contributed by atoms with E-state index in [0.717, 1.165) is 16.9 Å². The lowest BCUT2D eigenvalue weighted by atomic mass is 9.76. The molecular formula is C17H19NO4S. The van der Waals surface area contributed by atoms with E-state index in [1.54, 1.807) is 6.92 Å². The minimum atomic E-state index is -0.881. The van der Waals surface area contributed by atoms with Crippen LogP contribution in [0.1, 0.15) is 42.5 Å². The molecule has 2 aliphatic rings. The number of Topliss-reactive ketones (excluding diaryl/α,β-unsaturated/α-hetero) is 1. The van der Waals surface area contributed by atoms with Crippen molar-refractivity contribution in [2.24, 2.45) is 5.92 Å². The molecule has 1 aromatic heterocycles. The largest absolute Gasteiger partial charge is 0.465 e. The maximum absolute atomic E-state index is 12.5. The van der Waals surface area contributed by atoms with Gasteiger partial charge in [0.05, 0.1) is 6.61 Å². The Morgan fingerprint density at radius 3 is 2.91 bits per heavy atom. The van der Waals surface area contributed by atoms with Crippen molar-refractivity contribution in [3.05, 3.63) is 33.2 Å². The van der Waals surface area contributed by atoms with Crippen molar-refractivity contribution in [1.82, 2.24) is 0 Å². The summed E-state index contributed by atoms with van der Waals surface area (Å²) in [7, 11) is 0. The van der Waals surface area contributed by atoms with Crippen LogP contribution in [0.15, 0.2) is 22.8 Å². The molecule has 122 valence electrons. The van der Waals surface area contributed by atoms with Crippen LogP contribution < -0.4 is 0 Å². The Labute approximate surface area is 138 Å². The zero-order valence-corrected chi connectivity index (χ0v) is 14.0. The fraction of sp³-hybridized carbons (Fsp3) is 0.471. The third-order valence-corrected chi connectivity index (χ3v) is 5.40. The molecule has 6 heteroatoms. The first-order valence-corrected chi connectivity index (χ1v) is 8.65. The summed E-state index contributed by atoms with van der Waals surface area (Å²) in [6, 6.07) is 1.97. The second-order valence-electron chi connectivity index (χ2n) is 5.76. The number of allylic oxidation sites excluding steroid dienone is 2. The smallest absolute Gasteiger partial charge is 0.319 e. The van der Waals surface area contributed by atoms with E-state index in [0.29, 0.717) is 24.2 Å². The normalized spacial score (nSPS) is 24.3. The Bertz CT molecular complexity index is 703. The topological polar surface area (TPSA) is 76.5 Å². The van der Waals surface area contributed by atoms with Crippen molar-refractivity contribution in [3.63, 3.8) is 0 Å². The Hall–Kier alpha value is -1.95. The SMILES string of the molecule is CCOC(=O)C1C(=N)OC2=C(C(=O)CCC2)C1c1sccc1C. The standard InChI is InChI=1S/C17H19NO4S/c1-3-21-17(20)14-13(15-9(2)7-8-23-15)12-10(19)5-4-6-11(12)22-16(14)18/h7-8,13-14,18H,3-6H2,1-2H3. The summed E-state index contributed by atoms with van der Waals surface area (Å²) < 4.78 is 10.7. The Kier molecular flexibility index (Phi) is 4.35. The van der Waals surface area contributed by atoms with Crippen molar-refractivity contribution in [2.45, 2.75) is 39.0 Å². The molecule has 1 N–H and O–H groups in total. The third kappa shape index (κ3) is 2.72. The van der Waals surface area contributed by atoms with Crippen LogP contribution in [0.25, 0.3) is 0 Å². The summed E-state index contributed by atoms with van der Waals surface area (Å²) >= 11 is 1.51. The molecule has 2 heterocycles. The van der Waals surface area contributed by atoms with Gasteiger partial charge in [-0.15, -0.1) is 11.3 Å². The van der Waals surface area contributed by atoms with Crippen molar-refractivity contribution >= 4 is 29.0 Å². The summed E-state index contributed by atoms with van der Waals surface area (Å²) in [5, 5.41) is 10.1. The van der Waals surface area contributed by atoms with Gasteiger partial charge in [0.2, 0.25) is 5.90 Å². The lowest BCUT2D eigenvalue weighted by molar-refractivity contribution is -0.146. The van der Waals surface area contributed by atoms with Crippen molar-refractivity contribution < 1.29 is 19.1 Å². The number of rotatable bonds is 3. The highest BCUT2D eigenvalue weighted by molar-refractivity contribution is 7.10. The summed E-state index contributed by atoms with van der Waals surface area (Å²) in [4.78, 5) is 25.9. The first-order chi connectivity index (χ1) is 11.0. The van der Waals surface area contributed by atoms with E-state index in [1.165, 1.54) is 11.3 Å². The van der Waals surface area contributed by atoms with Crippen LogP contribution in [-0.4, -0.2) is 24.3 Å². The number of thiophene rings is 1. The Morgan fingerprint density at radius 2 is 2.26 bits per heavy atom. The maximum atomic E-state index is 12.5. The van der Waals surface area contributed by atoms with Crippen LogP contribution in [0.3, 0.4) is 0 Å². The van der Waals surface area contributed by atoms with Crippen molar-refractivity contribution in [3.8, 4) is 0 Å².